The predicted octanol–water partition coefficient (Wildman–Crippen LogP) is 2.07. The van der Waals surface area contributed by atoms with Crippen molar-refractivity contribution in [1.82, 2.24) is 9.97 Å². The maximum absolute atomic E-state index is 10.9. The Bertz CT molecular complexity index is 392. The first kappa shape index (κ1) is 14.9. The molecule has 0 radical (unpaired) electrons. The van der Waals surface area contributed by atoms with Gasteiger partial charge < -0.3 is 9.84 Å². The Hall–Kier alpha value is -1.14. The average Bonchev–Trinajstić information content (AvgIpc) is 2.26. The molecule has 1 aromatic rings. The second kappa shape index (κ2) is 7.33. The number of carbonyl (C=O) groups is 1. The summed E-state index contributed by atoms with van der Waals surface area (Å²) in [5.74, 6) is -0.293. The summed E-state index contributed by atoms with van der Waals surface area (Å²) in [6.07, 6.45) is -0.294. The van der Waals surface area contributed by atoms with Crippen molar-refractivity contribution < 1.29 is 14.6 Å². The highest BCUT2D eigenvalue weighted by Crippen LogP contribution is 2.16. The van der Waals surface area contributed by atoms with Gasteiger partial charge in [-0.2, -0.15) is 0 Å². The molecular formula is C12H18N2O3S. The number of aryl methyl sites for hydroxylation is 2. The minimum Gasteiger partial charge on any atom is -0.479 e. The zero-order valence-electron chi connectivity index (χ0n) is 10.8. The van der Waals surface area contributed by atoms with Crippen LogP contribution in [0.4, 0.5) is 0 Å². The molecule has 5 nitrogen and oxygen atoms in total. The Morgan fingerprint density at radius 1 is 1.44 bits per heavy atom. The van der Waals surface area contributed by atoms with Crippen LogP contribution in [-0.2, 0) is 9.53 Å². The molecule has 1 heterocycles. The molecule has 100 valence electrons. The fourth-order valence-electron chi connectivity index (χ4n) is 1.49. The summed E-state index contributed by atoms with van der Waals surface area (Å²) in [7, 11) is 0. The third kappa shape index (κ3) is 5.01. The number of hydrogen-bond donors (Lipinski definition) is 1. The van der Waals surface area contributed by atoms with Crippen LogP contribution in [0.15, 0.2) is 11.2 Å². The standard InChI is InChI=1S/C12H18N2O3S/c1-4-17-10(11(15)16)5-6-18-12-13-8(2)7-9(3)14-12/h7,10H,4-6H2,1-3H3,(H,15,16). The van der Waals surface area contributed by atoms with Gasteiger partial charge >= 0.3 is 5.97 Å². The van der Waals surface area contributed by atoms with Gasteiger partial charge in [0.05, 0.1) is 0 Å². The zero-order chi connectivity index (χ0) is 13.5. The summed E-state index contributed by atoms with van der Waals surface area (Å²) < 4.78 is 5.14. The van der Waals surface area contributed by atoms with Crippen LogP contribution in [0.2, 0.25) is 0 Å². The van der Waals surface area contributed by atoms with E-state index in [4.69, 9.17) is 9.84 Å². The first-order chi connectivity index (χ1) is 8.52. The Labute approximate surface area is 111 Å². The van der Waals surface area contributed by atoms with Crippen molar-refractivity contribution in [2.45, 2.75) is 38.5 Å². The fraction of sp³-hybridized carbons (Fsp3) is 0.583. The first-order valence-corrected chi connectivity index (χ1v) is 6.81. The van der Waals surface area contributed by atoms with Gasteiger partial charge in [-0.05, 0) is 33.3 Å². The minimum absolute atomic E-state index is 0.404. The van der Waals surface area contributed by atoms with Crippen molar-refractivity contribution in [1.29, 1.82) is 0 Å². The SMILES string of the molecule is CCOC(CCSc1nc(C)cc(C)n1)C(=O)O. The van der Waals surface area contributed by atoms with Crippen LogP contribution in [-0.4, -0.2) is 39.5 Å². The third-order valence-corrected chi connectivity index (χ3v) is 3.10. The van der Waals surface area contributed by atoms with Crippen LogP contribution >= 0.6 is 11.8 Å². The number of thioether (sulfide) groups is 1. The molecule has 1 aromatic heterocycles. The molecule has 1 unspecified atom stereocenters. The number of ether oxygens (including phenoxy) is 1. The van der Waals surface area contributed by atoms with Gasteiger partial charge in [0, 0.05) is 23.7 Å². The van der Waals surface area contributed by atoms with E-state index in [0.29, 0.717) is 23.9 Å². The lowest BCUT2D eigenvalue weighted by molar-refractivity contribution is -0.150. The lowest BCUT2D eigenvalue weighted by Gasteiger charge is -2.11. The molecule has 0 spiro atoms. The topological polar surface area (TPSA) is 72.3 Å². The number of aromatic nitrogens is 2. The second-order valence-electron chi connectivity index (χ2n) is 3.85. The van der Waals surface area contributed by atoms with Crippen LogP contribution in [0.5, 0.6) is 0 Å². The Morgan fingerprint density at radius 2 is 2.06 bits per heavy atom. The van der Waals surface area contributed by atoms with E-state index in [1.807, 2.05) is 19.9 Å². The predicted molar refractivity (Wildman–Crippen MR) is 69.9 cm³/mol. The Morgan fingerprint density at radius 3 is 2.56 bits per heavy atom. The highest BCUT2D eigenvalue weighted by atomic mass is 32.2. The monoisotopic (exact) mass is 270 g/mol. The molecule has 0 saturated heterocycles. The third-order valence-electron chi connectivity index (χ3n) is 2.22. The molecule has 1 N–H and O–H groups in total. The van der Waals surface area contributed by atoms with Crippen molar-refractivity contribution in [3.63, 3.8) is 0 Å². The Balaban J connectivity index is 2.47. The van der Waals surface area contributed by atoms with E-state index in [1.165, 1.54) is 11.8 Å². The minimum atomic E-state index is -0.918. The van der Waals surface area contributed by atoms with Crippen molar-refractivity contribution in [2.24, 2.45) is 0 Å². The number of nitrogens with zero attached hydrogens (tertiary/aromatic N) is 2. The molecule has 0 bridgehead atoms. The van der Waals surface area contributed by atoms with Gasteiger partial charge in [0.2, 0.25) is 0 Å². The normalized spacial score (nSPS) is 12.4. The van der Waals surface area contributed by atoms with Crippen LogP contribution in [0, 0.1) is 13.8 Å². The van der Waals surface area contributed by atoms with Crippen LogP contribution in [0.25, 0.3) is 0 Å². The first-order valence-electron chi connectivity index (χ1n) is 5.82. The summed E-state index contributed by atoms with van der Waals surface area (Å²) >= 11 is 1.45. The highest BCUT2D eigenvalue weighted by Gasteiger charge is 2.17. The maximum atomic E-state index is 10.9. The largest absolute Gasteiger partial charge is 0.479 e. The van der Waals surface area contributed by atoms with Gasteiger partial charge in [-0.15, -0.1) is 0 Å². The molecular weight excluding hydrogens is 252 g/mol. The van der Waals surface area contributed by atoms with Crippen molar-refractivity contribution >= 4 is 17.7 Å². The fourth-order valence-corrected chi connectivity index (χ4v) is 2.43. The number of rotatable bonds is 7. The van der Waals surface area contributed by atoms with E-state index in [0.717, 1.165) is 11.4 Å². The van der Waals surface area contributed by atoms with Crippen LogP contribution < -0.4 is 0 Å². The molecule has 0 aliphatic rings. The van der Waals surface area contributed by atoms with Crippen molar-refractivity contribution in [3.8, 4) is 0 Å². The molecule has 1 rings (SSSR count). The van der Waals surface area contributed by atoms with Gasteiger partial charge in [0.15, 0.2) is 11.3 Å². The van der Waals surface area contributed by atoms with Crippen LogP contribution in [0.1, 0.15) is 24.7 Å². The van der Waals surface area contributed by atoms with Gasteiger partial charge in [-0.3, -0.25) is 0 Å². The lowest BCUT2D eigenvalue weighted by Crippen LogP contribution is -2.24. The summed E-state index contributed by atoms with van der Waals surface area (Å²) in [4.78, 5) is 19.4. The van der Waals surface area contributed by atoms with E-state index in [1.54, 1.807) is 6.92 Å². The molecule has 0 aromatic carbocycles. The van der Waals surface area contributed by atoms with E-state index >= 15 is 0 Å². The molecule has 0 saturated carbocycles. The number of hydrogen-bond acceptors (Lipinski definition) is 5. The molecule has 0 amide bonds. The number of carboxylic acids is 1. The molecule has 18 heavy (non-hydrogen) atoms. The average molecular weight is 270 g/mol. The summed E-state index contributed by atoms with van der Waals surface area (Å²) in [6, 6.07) is 1.91. The summed E-state index contributed by atoms with van der Waals surface area (Å²) in [5, 5.41) is 9.61. The van der Waals surface area contributed by atoms with E-state index in [-0.39, 0.29) is 0 Å². The second-order valence-corrected chi connectivity index (χ2v) is 4.91. The van der Waals surface area contributed by atoms with E-state index < -0.39 is 12.1 Å². The molecule has 0 fully saturated rings. The lowest BCUT2D eigenvalue weighted by atomic mass is 10.3. The van der Waals surface area contributed by atoms with Crippen molar-refractivity contribution in [2.75, 3.05) is 12.4 Å². The summed E-state index contributed by atoms with van der Waals surface area (Å²) in [5.41, 5.74) is 1.84. The van der Waals surface area contributed by atoms with E-state index in [9.17, 15) is 4.79 Å². The molecule has 0 aliphatic heterocycles. The highest BCUT2D eigenvalue weighted by molar-refractivity contribution is 7.99. The molecule has 6 heteroatoms. The zero-order valence-corrected chi connectivity index (χ0v) is 11.7. The molecule has 1 atom stereocenters. The smallest absolute Gasteiger partial charge is 0.332 e. The van der Waals surface area contributed by atoms with Gasteiger partial charge in [-0.25, -0.2) is 14.8 Å². The Kier molecular flexibility index (Phi) is 6.07. The van der Waals surface area contributed by atoms with Crippen LogP contribution in [0.3, 0.4) is 0 Å². The van der Waals surface area contributed by atoms with E-state index in [2.05, 4.69) is 9.97 Å². The van der Waals surface area contributed by atoms with Gasteiger partial charge in [0.1, 0.15) is 0 Å². The maximum Gasteiger partial charge on any atom is 0.332 e. The number of carboxylic acid groups (broad SMARTS) is 1. The van der Waals surface area contributed by atoms with Crippen molar-refractivity contribution in [3.05, 3.63) is 17.5 Å². The number of aliphatic carboxylic acids is 1. The van der Waals surface area contributed by atoms with Gasteiger partial charge in [0.25, 0.3) is 0 Å². The molecule has 0 aliphatic carbocycles. The van der Waals surface area contributed by atoms with Gasteiger partial charge in [-0.1, -0.05) is 11.8 Å². The summed E-state index contributed by atoms with van der Waals surface area (Å²) in [6.45, 7) is 6.02. The quantitative estimate of drug-likeness (QED) is 0.604.